The second-order valence-corrected chi connectivity index (χ2v) is 23.2. The Hall–Kier alpha value is -4.43. The molecule has 0 saturated heterocycles. The first kappa shape index (κ1) is 52.2. The highest BCUT2D eigenvalue weighted by molar-refractivity contribution is 5.97. The van der Waals surface area contributed by atoms with Gasteiger partial charge in [-0.25, -0.2) is 4.98 Å². The van der Waals surface area contributed by atoms with Gasteiger partial charge in [-0.3, -0.25) is 0 Å². The van der Waals surface area contributed by atoms with E-state index in [4.69, 9.17) is 33.4 Å². The Morgan fingerprint density at radius 3 is 1.28 bits per heavy atom. The molecule has 5 rings (SSSR count). The zero-order valence-corrected chi connectivity index (χ0v) is 43.4. The van der Waals surface area contributed by atoms with Crippen molar-refractivity contribution in [1.29, 1.82) is 0 Å². The summed E-state index contributed by atoms with van der Waals surface area (Å²) in [6.07, 6.45) is 0. The molecule has 0 radical (unpaired) electrons. The van der Waals surface area contributed by atoms with Gasteiger partial charge in [-0.15, -0.1) is 0 Å². The molecule has 0 atom stereocenters. The minimum Gasteiger partial charge on any atom is -0.467 e. The fourth-order valence-electron chi connectivity index (χ4n) is 7.52. The Labute approximate surface area is 387 Å². The van der Waals surface area contributed by atoms with E-state index in [1.165, 1.54) is 22.3 Å². The van der Waals surface area contributed by atoms with Crippen LogP contribution in [0.3, 0.4) is 0 Å². The Bertz CT molecular complexity index is 2350. The van der Waals surface area contributed by atoms with E-state index in [1.807, 2.05) is 0 Å². The van der Waals surface area contributed by atoms with E-state index >= 15 is 0 Å². The average Bonchev–Trinajstić information content (AvgIpc) is 3.18. The van der Waals surface area contributed by atoms with Crippen LogP contribution >= 0.6 is 0 Å². The molecule has 0 spiro atoms. The van der Waals surface area contributed by atoms with Gasteiger partial charge in [0.2, 0.25) is 0 Å². The molecular formula is C57H81NO6. The van der Waals surface area contributed by atoms with Gasteiger partial charge >= 0.3 is 0 Å². The highest BCUT2D eigenvalue weighted by Gasteiger charge is 2.30. The second kappa shape index (κ2) is 20.0. The first-order chi connectivity index (χ1) is 29.4. The molecule has 0 amide bonds. The van der Waals surface area contributed by atoms with Crippen LogP contribution in [0, 0.1) is 0 Å². The third-order valence-corrected chi connectivity index (χ3v) is 11.4. The summed E-state index contributed by atoms with van der Waals surface area (Å²) in [6.45, 7) is 40.7. The molecule has 350 valence electrons. The lowest BCUT2D eigenvalue weighted by atomic mass is 9.78. The second-order valence-electron chi connectivity index (χ2n) is 23.2. The van der Waals surface area contributed by atoms with Crippen molar-refractivity contribution in [3.63, 3.8) is 0 Å². The zero-order chi connectivity index (χ0) is 48.2. The third-order valence-electron chi connectivity index (χ3n) is 11.4. The fraction of sp³-hybridized carbons (Fsp3) is 0.526. The van der Waals surface area contributed by atoms with Gasteiger partial charge in [-0.1, -0.05) is 173 Å². The van der Waals surface area contributed by atoms with Gasteiger partial charge in [-0.2, -0.15) is 0 Å². The van der Waals surface area contributed by atoms with Crippen molar-refractivity contribution in [3.8, 4) is 39.6 Å². The molecule has 0 aliphatic heterocycles. The molecule has 7 nitrogen and oxygen atoms in total. The SMILES string of the molecule is COCOc1c(-c2ccc3cccc(-c4cc(C(C)(C)C)cc(C(C)(C)C)c4OCOC)c3n2)cc(C(C)(C)C)cc1C(C)(C)C.COCOc1ccc(C(C)(C)C)cc1C(C)(C)C. The number of aromatic nitrogens is 1. The van der Waals surface area contributed by atoms with Crippen LogP contribution in [0.1, 0.15) is 158 Å². The number of pyridine rings is 1. The molecule has 0 aliphatic rings. The van der Waals surface area contributed by atoms with Crippen LogP contribution in [0.2, 0.25) is 0 Å². The van der Waals surface area contributed by atoms with Crippen molar-refractivity contribution in [2.75, 3.05) is 41.7 Å². The van der Waals surface area contributed by atoms with Gasteiger partial charge in [-0.05, 0) is 79.0 Å². The molecule has 1 heterocycles. The monoisotopic (exact) mass is 876 g/mol. The number of ether oxygens (including phenoxy) is 6. The highest BCUT2D eigenvalue weighted by atomic mass is 16.7. The van der Waals surface area contributed by atoms with Crippen molar-refractivity contribution in [1.82, 2.24) is 4.98 Å². The van der Waals surface area contributed by atoms with Gasteiger partial charge < -0.3 is 28.4 Å². The Morgan fingerprint density at radius 2 is 0.828 bits per heavy atom. The normalized spacial score (nSPS) is 12.8. The maximum Gasteiger partial charge on any atom is 0.188 e. The number of nitrogens with zero attached hydrogens (tertiary/aromatic N) is 1. The lowest BCUT2D eigenvalue weighted by Gasteiger charge is -2.30. The van der Waals surface area contributed by atoms with Gasteiger partial charge in [0.25, 0.3) is 0 Å². The van der Waals surface area contributed by atoms with Crippen LogP contribution < -0.4 is 14.2 Å². The van der Waals surface area contributed by atoms with Crippen LogP contribution in [0.25, 0.3) is 33.3 Å². The molecule has 0 N–H and O–H groups in total. The molecule has 0 unspecified atom stereocenters. The van der Waals surface area contributed by atoms with Crippen molar-refractivity contribution < 1.29 is 28.4 Å². The summed E-state index contributed by atoms with van der Waals surface area (Å²) in [5.74, 6) is 2.55. The number of rotatable bonds is 11. The number of hydrogen-bond acceptors (Lipinski definition) is 7. The van der Waals surface area contributed by atoms with E-state index in [2.05, 4.69) is 197 Å². The maximum absolute atomic E-state index is 6.42. The molecule has 7 heteroatoms. The number of benzene rings is 4. The Balaban J connectivity index is 0.000000417. The molecule has 5 aromatic rings. The predicted molar refractivity (Wildman–Crippen MR) is 269 cm³/mol. The average molecular weight is 876 g/mol. The van der Waals surface area contributed by atoms with Crippen molar-refractivity contribution >= 4 is 10.9 Å². The first-order valence-corrected chi connectivity index (χ1v) is 22.7. The van der Waals surface area contributed by atoms with E-state index in [1.54, 1.807) is 21.3 Å². The molecule has 0 bridgehead atoms. The summed E-state index contributed by atoms with van der Waals surface area (Å²) in [4.78, 5) is 5.43. The minimum atomic E-state index is -0.161. The summed E-state index contributed by atoms with van der Waals surface area (Å²) in [6, 6.07) is 26.2. The van der Waals surface area contributed by atoms with Gasteiger partial charge in [0.15, 0.2) is 20.4 Å². The molecule has 4 aromatic carbocycles. The van der Waals surface area contributed by atoms with Crippen LogP contribution in [0.5, 0.6) is 17.2 Å². The van der Waals surface area contributed by atoms with Gasteiger partial charge in [0.05, 0.1) is 11.2 Å². The lowest BCUT2D eigenvalue weighted by Crippen LogP contribution is -2.19. The van der Waals surface area contributed by atoms with Crippen LogP contribution in [0.15, 0.2) is 72.8 Å². The van der Waals surface area contributed by atoms with Crippen molar-refractivity contribution in [2.45, 2.75) is 157 Å². The van der Waals surface area contributed by atoms with E-state index < -0.39 is 0 Å². The summed E-state index contributed by atoms with van der Waals surface area (Å²) < 4.78 is 34.3. The fourth-order valence-corrected chi connectivity index (χ4v) is 7.52. The predicted octanol–water partition coefficient (Wildman–Crippen LogP) is 15.0. The van der Waals surface area contributed by atoms with Crippen molar-refractivity contribution in [2.24, 2.45) is 0 Å². The van der Waals surface area contributed by atoms with E-state index in [-0.39, 0.29) is 52.9 Å². The number of fused-ring (bicyclic) bond motifs is 1. The minimum absolute atomic E-state index is 0.0599. The lowest BCUT2D eigenvalue weighted by molar-refractivity contribution is 0.0497. The topological polar surface area (TPSA) is 68.3 Å². The number of para-hydroxylation sites is 1. The van der Waals surface area contributed by atoms with Crippen molar-refractivity contribution in [3.05, 3.63) is 106 Å². The highest BCUT2D eigenvalue weighted by Crippen LogP contribution is 2.47. The van der Waals surface area contributed by atoms with E-state index in [0.717, 1.165) is 61.7 Å². The first-order valence-electron chi connectivity index (χ1n) is 22.7. The zero-order valence-electron chi connectivity index (χ0n) is 43.4. The van der Waals surface area contributed by atoms with Crippen LogP contribution in [-0.2, 0) is 46.7 Å². The summed E-state index contributed by atoms with van der Waals surface area (Å²) in [5, 5.41) is 1.06. The molecule has 0 fully saturated rings. The van der Waals surface area contributed by atoms with E-state index in [9.17, 15) is 0 Å². The number of hydrogen-bond donors (Lipinski definition) is 0. The molecule has 1 aromatic heterocycles. The Kier molecular flexibility index (Phi) is 16.3. The summed E-state index contributed by atoms with van der Waals surface area (Å²) in [7, 11) is 4.95. The van der Waals surface area contributed by atoms with Crippen LogP contribution in [0.4, 0.5) is 0 Å². The molecule has 64 heavy (non-hydrogen) atoms. The number of methoxy groups -OCH3 is 3. The summed E-state index contributed by atoms with van der Waals surface area (Å²) >= 11 is 0. The standard InChI is InChI=1S/C41H55NO4.C16H26O2/c1-38(2,3)27-20-30(36(45-24-43-13)32(22-27)40(7,8)9)29-17-15-16-26-18-19-34(42-35(26)29)31-21-28(39(4,5)6)23-33(41(10,11)12)37(31)46-25-44-14;1-15(2,3)12-8-9-14(18-11-17-7)13(10-12)16(4,5)6/h15-23H,24-25H2,1-14H3;8-10H,11H2,1-7H3. The van der Waals surface area contributed by atoms with Gasteiger partial charge in [0, 0.05) is 54.5 Å². The Morgan fingerprint density at radius 1 is 0.391 bits per heavy atom. The maximum atomic E-state index is 6.42. The molecule has 0 aliphatic carbocycles. The third kappa shape index (κ3) is 12.9. The smallest absolute Gasteiger partial charge is 0.188 e. The summed E-state index contributed by atoms with van der Waals surface area (Å²) in [5.41, 5.74) is 11.8. The molecular weight excluding hydrogens is 795 g/mol. The van der Waals surface area contributed by atoms with E-state index in [0.29, 0.717) is 0 Å². The quantitative estimate of drug-likeness (QED) is 0.122. The van der Waals surface area contributed by atoms with Gasteiger partial charge in [0.1, 0.15) is 17.2 Å². The molecule has 0 saturated carbocycles. The van der Waals surface area contributed by atoms with Crippen LogP contribution in [-0.4, -0.2) is 46.7 Å². The largest absolute Gasteiger partial charge is 0.467 e.